The van der Waals surface area contributed by atoms with Crippen molar-refractivity contribution in [1.29, 1.82) is 0 Å². The van der Waals surface area contributed by atoms with E-state index in [1.54, 1.807) is 0 Å². The molecule has 108 valence electrons. The molecule has 0 aromatic heterocycles. The van der Waals surface area contributed by atoms with E-state index in [0.29, 0.717) is 17.3 Å². The third-order valence-electron chi connectivity index (χ3n) is 3.03. The lowest BCUT2D eigenvalue weighted by Crippen LogP contribution is -2.38. The Hall–Kier alpha value is 0.180. The predicted octanol–water partition coefficient (Wildman–Crippen LogP) is 2.76. The van der Waals surface area contributed by atoms with Crippen molar-refractivity contribution in [2.45, 2.75) is 36.7 Å². The topological polar surface area (TPSA) is 37.4 Å². The third-order valence-corrected chi connectivity index (χ3v) is 5.68. The number of rotatable bonds is 6. The highest BCUT2D eigenvalue weighted by atomic mass is 79.9. The van der Waals surface area contributed by atoms with E-state index in [4.69, 9.17) is 0 Å². The van der Waals surface area contributed by atoms with Crippen LogP contribution >= 0.6 is 15.9 Å². The van der Waals surface area contributed by atoms with Gasteiger partial charge in [-0.1, -0.05) is 15.9 Å². The second-order valence-corrected chi connectivity index (χ2v) is 8.24. The molecule has 8 heteroatoms. The van der Waals surface area contributed by atoms with Gasteiger partial charge in [-0.05, 0) is 25.2 Å². The molecule has 0 aromatic carbocycles. The molecule has 3 nitrogen and oxygen atoms in total. The van der Waals surface area contributed by atoms with Crippen LogP contribution in [-0.2, 0) is 10.0 Å². The van der Waals surface area contributed by atoms with E-state index in [1.807, 2.05) is 0 Å². The average molecular weight is 352 g/mol. The fourth-order valence-corrected chi connectivity index (χ4v) is 4.21. The molecule has 1 rings (SSSR count). The van der Waals surface area contributed by atoms with E-state index in [2.05, 4.69) is 15.9 Å². The Kier molecular flexibility index (Phi) is 5.49. The van der Waals surface area contributed by atoms with Crippen LogP contribution in [0.3, 0.4) is 0 Å². The molecule has 0 saturated heterocycles. The Labute approximate surface area is 114 Å². The Morgan fingerprint density at radius 2 is 1.89 bits per heavy atom. The molecule has 0 amide bonds. The molecule has 0 aliphatic heterocycles. The highest BCUT2D eigenvalue weighted by molar-refractivity contribution is 9.09. The van der Waals surface area contributed by atoms with Crippen LogP contribution in [0.2, 0.25) is 0 Å². The minimum atomic E-state index is -4.29. The monoisotopic (exact) mass is 351 g/mol. The van der Waals surface area contributed by atoms with Gasteiger partial charge in [0.05, 0.1) is 5.75 Å². The van der Waals surface area contributed by atoms with Crippen LogP contribution in [0.1, 0.15) is 25.7 Å². The van der Waals surface area contributed by atoms with Crippen molar-refractivity contribution in [3.05, 3.63) is 0 Å². The van der Waals surface area contributed by atoms with Crippen molar-refractivity contribution in [3.63, 3.8) is 0 Å². The zero-order chi connectivity index (χ0) is 14.0. The molecule has 0 atom stereocenters. The zero-order valence-corrected chi connectivity index (χ0v) is 12.5. The minimum Gasteiger partial charge on any atom is -0.212 e. The van der Waals surface area contributed by atoms with Gasteiger partial charge in [-0.15, -0.1) is 0 Å². The summed E-state index contributed by atoms with van der Waals surface area (Å²) in [5, 5.41) is 0. The van der Waals surface area contributed by atoms with Crippen molar-refractivity contribution in [2.75, 3.05) is 19.3 Å². The number of nitrogens with zero attached hydrogens (tertiary/aromatic N) is 1. The molecule has 0 N–H and O–H groups in total. The van der Waals surface area contributed by atoms with Gasteiger partial charge in [-0.2, -0.15) is 13.2 Å². The summed E-state index contributed by atoms with van der Waals surface area (Å²) in [5.41, 5.74) is 0. The van der Waals surface area contributed by atoms with Crippen molar-refractivity contribution in [3.8, 4) is 0 Å². The summed E-state index contributed by atoms with van der Waals surface area (Å²) in [6.07, 6.45) is -3.87. The van der Waals surface area contributed by atoms with Crippen LogP contribution in [0.5, 0.6) is 0 Å². The quantitative estimate of drug-likeness (QED) is 0.690. The summed E-state index contributed by atoms with van der Waals surface area (Å²) in [6, 6.07) is 0. The lowest BCUT2D eigenvalue weighted by Gasteiger charge is -2.34. The molecule has 0 spiro atoms. The lowest BCUT2D eigenvalue weighted by atomic mass is 9.85. The summed E-state index contributed by atoms with van der Waals surface area (Å²) in [4.78, 5) is 0.448. The van der Waals surface area contributed by atoms with E-state index in [9.17, 15) is 21.6 Å². The van der Waals surface area contributed by atoms with Gasteiger partial charge in [0.15, 0.2) is 0 Å². The summed E-state index contributed by atoms with van der Waals surface area (Å²) in [7, 11) is -2.12. The van der Waals surface area contributed by atoms with Crippen molar-refractivity contribution in [1.82, 2.24) is 4.31 Å². The van der Waals surface area contributed by atoms with Crippen LogP contribution in [0.4, 0.5) is 13.2 Å². The van der Waals surface area contributed by atoms with Gasteiger partial charge in [0, 0.05) is 24.8 Å². The van der Waals surface area contributed by atoms with Gasteiger partial charge < -0.3 is 0 Å². The molecule has 0 unspecified atom stereocenters. The van der Waals surface area contributed by atoms with Gasteiger partial charge in [-0.3, -0.25) is 0 Å². The maximum Gasteiger partial charge on any atom is 0.389 e. The Morgan fingerprint density at radius 3 is 2.33 bits per heavy atom. The molecule has 1 aliphatic carbocycles. The Balaban J connectivity index is 2.33. The molecule has 18 heavy (non-hydrogen) atoms. The van der Waals surface area contributed by atoms with E-state index in [0.717, 1.165) is 12.8 Å². The molecule has 0 aromatic rings. The summed E-state index contributed by atoms with van der Waals surface area (Å²) >= 11 is 3.41. The van der Waals surface area contributed by atoms with Crippen LogP contribution in [-0.4, -0.2) is 43.1 Å². The molecular formula is C10H17BrF3NO2S. The summed E-state index contributed by atoms with van der Waals surface area (Å²) in [5.74, 6) is -0.121. The predicted molar refractivity (Wildman–Crippen MR) is 67.1 cm³/mol. The number of hydrogen-bond acceptors (Lipinski definition) is 2. The van der Waals surface area contributed by atoms with E-state index in [-0.39, 0.29) is 6.42 Å². The smallest absolute Gasteiger partial charge is 0.212 e. The SMILES string of the molecule is CN(CC1CC(Br)C1)S(=O)(=O)CCCC(F)(F)F. The Bertz CT molecular complexity index is 366. The molecule has 1 aliphatic rings. The summed E-state index contributed by atoms with van der Waals surface area (Å²) < 4.78 is 60.4. The van der Waals surface area contributed by atoms with Gasteiger partial charge in [0.25, 0.3) is 0 Å². The standard InChI is InChI=1S/C10H17BrF3NO2S/c1-15(7-8-5-9(11)6-8)18(16,17)4-2-3-10(12,13)14/h8-9H,2-7H2,1H3. The minimum absolute atomic E-state index is 0.316. The zero-order valence-electron chi connectivity index (χ0n) is 10.1. The molecule has 0 radical (unpaired) electrons. The second kappa shape index (κ2) is 6.09. The number of hydrogen-bond donors (Lipinski definition) is 0. The van der Waals surface area contributed by atoms with Gasteiger partial charge in [0.2, 0.25) is 10.0 Å². The highest BCUT2D eigenvalue weighted by Gasteiger charge is 2.32. The second-order valence-electron chi connectivity index (χ2n) is 4.75. The number of sulfonamides is 1. The van der Waals surface area contributed by atoms with E-state index < -0.39 is 28.4 Å². The first kappa shape index (κ1) is 16.2. The molecular weight excluding hydrogens is 335 g/mol. The van der Waals surface area contributed by atoms with Crippen LogP contribution in [0, 0.1) is 5.92 Å². The van der Waals surface area contributed by atoms with E-state index >= 15 is 0 Å². The van der Waals surface area contributed by atoms with Gasteiger partial charge in [0.1, 0.15) is 0 Å². The molecule has 0 heterocycles. The van der Waals surface area contributed by atoms with Crippen molar-refractivity contribution >= 4 is 26.0 Å². The molecule has 0 bridgehead atoms. The largest absolute Gasteiger partial charge is 0.389 e. The first-order valence-corrected chi connectivity index (χ1v) is 8.27. The maximum atomic E-state index is 11.9. The van der Waals surface area contributed by atoms with Crippen molar-refractivity contribution < 1.29 is 21.6 Å². The fraction of sp³-hybridized carbons (Fsp3) is 1.00. The van der Waals surface area contributed by atoms with Crippen LogP contribution < -0.4 is 0 Å². The van der Waals surface area contributed by atoms with Crippen LogP contribution in [0.25, 0.3) is 0 Å². The highest BCUT2D eigenvalue weighted by Crippen LogP contribution is 2.34. The lowest BCUT2D eigenvalue weighted by molar-refractivity contribution is -0.134. The normalized spacial score (nSPS) is 25.2. The first-order valence-electron chi connectivity index (χ1n) is 5.75. The summed E-state index contributed by atoms with van der Waals surface area (Å²) in [6.45, 7) is 0.399. The molecule has 1 saturated carbocycles. The van der Waals surface area contributed by atoms with E-state index in [1.165, 1.54) is 11.4 Å². The van der Waals surface area contributed by atoms with Crippen LogP contribution in [0.15, 0.2) is 0 Å². The third kappa shape index (κ3) is 5.44. The van der Waals surface area contributed by atoms with Gasteiger partial charge in [-0.25, -0.2) is 12.7 Å². The van der Waals surface area contributed by atoms with Gasteiger partial charge >= 0.3 is 6.18 Å². The average Bonchev–Trinajstić information content (AvgIpc) is 2.12. The van der Waals surface area contributed by atoms with Crippen molar-refractivity contribution in [2.24, 2.45) is 5.92 Å². The maximum absolute atomic E-state index is 11.9. The first-order chi connectivity index (χ1) is 8.10. The molecule has 1 fully saturated rings. The Morgan fingerprint density at radius 1 is 1.33 bits per heavy atom. The number of alkyl halides is 4. The fourth-order valence-electron chi connectivity index (χ4n) is 1.89. The number of halogens is 4.